The van der Waals surface area contributed by atoms with E-state index in [9.17, 15) is 9.59 Å². The maximum atomic E-state index is 12.6. The molecule has 2 unspecified atom stereocenters. The third-order valence-electron chi connectivity index (χ3n) is 6.98. The standard InChI is InChI=1S/C27H52O4.K.H/c1-9-11-13-15-17-19-26(7,22(3)4)30-24(28)21-25(29)31-27(8,23(5)6)20-18-16-14-12-10-2;;/h22-23H,9-21H2,1-8H3;;/q;+1;-1. The molecule has 0 fully saturated rings. The minimum atomic E-state index is -0.537. The number of unbranched alkanes of at least 4 members (excludes halogenated alkanes) is 8. The van der Waals surface area contributed by atoms with Crippen LogP contribution in [0.15, 0.2) is 0 Å². The summed E-state index contributed by atoms with van der Waals surface area (Å²) >= 11 is 0. The van der Waals surface area contributed by atoms with Gasteiger partial charge >= 0.3 is 63.3 Å². The van der Waals surface area contributed by atoms with Crippen molar-refractivity contribution in [2.45, 2.75) is 150 Å². The molecule has 4 nitrogen and oxygen atoms in total. The summed E-state index contributed by atoms with van der Waals surface area (Å²) in [6, 6.07) is 0. The molecular weight excluding hydrogens is 427 g/mol. The number of hydrogen-bond donors (Lipinski definition) is 0. The molecule has 0 aromatic carbocycles. The molecular formula is C27H53KO4. The Hall–Kier alpha value is 0.576. The number of ether oxygens (including phenoxy) is 2. The van der Waals surface area contributed by atoms with Gasteiger partial charge in [0.1, 0.15) is 17.6 Å². The smallest absolute Gasteiger partial charge is 1.00 e. The van der Waals surface area contributed by atoms with Crippen LogP contribution in [0, 0.1) is 11.8 Å². The summed E-state index contributed by atoms with van der Waals surface area (Å²) in [5.74, 6) is -0.544. The minimum absolute atomic E-state index is 0. The van der Waals surface area contributed by atoms with Crippen molar-refractivity contribution in [3.8, 4) is 0 Å². The zero-order valence-corrected chi connectivity index (χ0v) is 26.1. The first kappa shape index (κ1) is 34.7. The van der Waals surface area contributed by atoms with E-state index in [0.29, 0.717) is 0 Å². The van der Waals surface area contributed by atoms with E-state index in [1.165, 1.54) is 38.5 Å². The third-order valence-corrected chi connectivity index (χ3v) is 6.98. The van der Waals surface area contributed by atoms with E-state index in [1.54, 1.807) is 0 Å². The van der Waals surface area contributed by atoms with Crippen LogP contribution in [0.3, 0.4) is 0 Å². The Morgan fingerprint density at radius 3 is 1.25 bits per heavy atom. The predicted octanol–water partition coefficient (Wildman–Crippen LogP) is 5.13. The molecule has 0 aliphatic heterocycles. The van der Waals surface area contributed by atoms with Crippen molar-refractivity contribution >= 4 is 11.9 Å². The van der Waals surface area contributed by atoms with Gasteiger partial charge in [-0.2, -0.15) is 0 Å². The molecule has 0 aliphatic carbocycles. The Morgan fingerprint density at radius 2 is 0.969 bits per heavy atom. The Bertz CT molecular complexity index is 468. The van der Waals surface area contributed by atoms with Crippen LogP contribution < -0.4 is 51.4 Å². The first-order valence-corrected chi connectivity index (χ1v) is 12.9. The second-order valence-electron chi connectivity index (χ2n) is 10.4. The third kappa shape index (κ3) is 14.8. The normalized spacial score (nSPS) is 15.1. The van der Waals surface area contributed by atoms with E-state index < -0.39 is 23.1 Å². The Morgan fingerprint density at radius 1 is 0.656 bits per heavy atom. The Balaban J connectivity index is -0.00000450. The van der Waals surface area contributed by atoms with E-state index in [-0.39, 0.29) is 71.1 Å². The van der Waals surface area contributed by atoms with Crippen LogP contribution in [-0.4, -0.2) is 23.1 Å². The average Bonchev–Trinajstić information content (AvgIpc) is 2.67. The average molecular weight is 481 g/mol. The molecule has 0 aromatic rings. The summed E-state index contributed by atoms with van der Waals surface area (Å²) in [5, 5.41) is 0. The molecule has 0 amide bonds. The zero-order valence-electron chi connectivity index (χ0n) is 24.0. The first-order valence-electron chi connectivity index (χ1n) is 12.9. The first-order chi connectivity index (χ1) is 14.5. The summed E-state index contributed by atoms with van der Waals surface area (Å²) in [7, 11) is 0. The second-order valence-corrected chi connectivity index (χ2v) is 10.4. The van der Waals surface area contributed by atoms with Gasteiger partial charge in [0.15, 0.2) is 0 Å². The van der Waals surface area contributed by atoms with Gasteiger partial charge in [-0.05, 0) is 51.4 Å². The van der Waals surface area contributed by atoms with Gasteiger partial charge < -0.3 is 10.9 Å². The molecule has 5 heteroatoms. The Kier molecular flexibility index (Phi) is 20.5. The van der Waals surface area contributed by atoms with Crippen molar-refractivity contribution < 1.29 is 71.9 Å². The van der Waals surface area contributed by atoms with Gasteiger partial charge in [-0.1, -0.05) is 92.9 Å². The van der Waals surface area contributed by atoms with Gasteiger partial charge in [0.2, 0.25) is 0 Å². The molecule has 186 valence electrons. The van der Waals surface area contributed by atoms with E-state index in [2.05, 4.69) is 41.5 Å². The fourth-order valence-corrected chi connectivity index (χ4v) is 3.78. The summed E-state index contributed by atoms with van der Waals surface area (Å²) < 4.78 is 11.7. The maximum absolute atomic E-state index is 12.6. The monoisotopic (exact) mass is 480 g/mol. The molecule has 0 saturated heterocycles. The van der Waals surface area contributed by atoms with Crippen molar-refractivity contribution in [2.75, 3.05) is 0 Å². The fourth-order valence-electron chi connectivity index (χ4n) is 3.78. The number of carbonyl (C=O) groups is 2. The van der Waals surface area contributed by atoms with Gasteiger partial charge in [-0.25, -0.2) is 0 Å². The van der Waals surface area contributed by atoms with Crippen LogP contribution in [-0.2, 0) is 19.1 Å². The summed E-state index contributed by atoms with van der Waals surface area (Å²) in [4.78, 5) is 25.1. The summed E-state index contributed by atoms with van der Waals surface area (Å²) in [6.07, 6.45) is 13.1. The molecule has 0 N–H and O–H groups in total. The SMILES string of the molecule is CCCCCCCC(C)(OC(=O)CC(=O)OC(C)(CCCCCCC)C(C)C)C(C)C.[H-].[K+]. The quantitative estimate of drug-likeness (QED) is 0.118. The van der Waals surface area contributed by atoms with Crippen molar-refractivity contribution in [1.29, 1.82) is 0 Å². The number of rotatable bonds is 18. The second kappa shape index (κ2) is 18.8. The van der Waals surface area contributed by atoms with E-state index in [0.717, 1.165) is 38.5 Å². The zero-order chi connectivity index (χ0) is 23.9. The van der Waals surface area contributed by atoms with Gasteiger partial charge in [0.05, 0.1) is 0 Å². The Labute approximate surface area is 243 Å². The van der Waals surface area contributed by atoms with Gasteiger partial charge in [0, 0.05) is 0 Å². The largest absolute Gasteiger partial charge is 1.00 e. The van der Waals surface area contributed by atoms with Gasteiger partial charge in [-0.3, -0.25) is 9.59 Å². The van der Waals surface area contributed by atoms with Gasteiger partial charge in [-0.15, -0.1) is 0 Å². The summed E-state index contributed by atoms with van der Waals surface area (Å²) in [6.45, 7) is 16.7. The van der Waals surface area contributed by atoms with Crippen molar-refractivity contribution in [3.63, 3.8) is 0 Å². The minimum Gasteiger partial charge on any atom is -1.00 e. The van der Waals surface area contributed by atoms with E-state index >= 15 is 0 Å². The van der Waals surface area contributed by atoms with Crippen molar-refractivity contribution in [3.05, 3.63) is 0 Å². The molecule has 0 spiro atoms. The van der Waals surface area contributed by atoms with Crippen LogP contribution in [0.2, 0.25) is 0 Å². The van der Waals surface area contributed by atoms with Crippen LogP contribution in [0.25, 0.3) is 0 Å². The molecule has 0 saturated carbocycles. The van der Waals surface area contributed by atoms with Crippen LogP contribution in [0.5, 0.6) is 0 Å². The molecule has 0 radical (unpaired) electrons. The topological polar surface area (TPSA) is 52.6 Å². The number of hydrogen-bond acceptors (Lipinski definition) is 4. The number of carbonyl (C=O) groups excluding carboxylic acids is 2. The van der Waals surface area contributed by atoms with Crippen molar-refractivity contribution in [2.24, 2.45) is 11.8 Å². The van der Waals surface area contributed by atoms with E-state index in [4.69, 9.17) is 9.47 Å². The molecule has 0 rings (SSSR count). The van der Waals surface area contributed by atoms with Crippen LogP contribution in [0.4, 0.5) is 0 Å². The molecule has 0 aliphatic rings. The number of esters is 2. The van der Waals surface area contributed by atoms with Crippen LogP contribution in [0.1, 0.15) is 140 Å². The fraction of sp³-hybridized carbons (Fsp3) is 0.926. The molecule has 0 bridgehead atoms. The van der Waals surface area contributed by atoms with Gasteiger partial charge in [0.25, 0.3) is 0 Å². The van der Waals surface area contributed by atoms with Crippen LogP contribution >= 0.6 is 0 Å². The van der Waals surface area contributed by atoms with E-state index in [1.807, 2.05) is 13.8 Å². The van der Waals surface area contributed by atoms with Crippen molar-refractivity contribution in [1.82, 2.24) is 0 Å². The molecule has 2 atom stereocenters. The molecule has 32 heavy (non-hydrogen) atoms. The maximum Gasteiger partial charge on any atom is 1.00 e. The molecule has 0 aromatic heterocycles. The summed E-state index contributed by atoms with van der Waals surface area (Å²) in [5.41, 5.74) is -1.07. The molecule has 0 heterocycles. The predicted molar refractivity (Wildman–Crippen MR) is 131 cm³/mol.